The Balaban J connectivity index is 2.05. The van der Waals surface area contributed by atoms with Gasteiger partial charge in [0.15, 0.2) is 0 Å². The fourth-order valence-corrected chi connectivity index (χ4v) is 2.48. The number of anilines is 1. The summed E-state index contributed by atoms with van der Waals surface area (Å²) in [6.07, 6.45) is 2.12. The number of aromatic nitrogens is 2. The molecule has 1 aromatic carbocycles. The lowest BCUT2D eigenvalue weighted by atomic mass is 10.2. The van der Waals surface area contributed by atoms with Gasteiger partial charge in [0.1, 0.15) is 23.0 Å². The molecule has 1 N–H and O–H groups in total. The number of imidazole rings is 1. The number of hydrogen-bond acceptors (Lipinski definition) is 2. The number of fused-ring (bicyclic) bond motifs is 1. The summed E-state index contributed by atoms with van der Waals surface area (Å²) in [7, 11) is 0. The fraction of sp³-hybridized carbons (Fsp3) is 0.125. The number of carbonyl (C=O) groups is 1. The van der Waals surface area contributed by atoms with Crippen molar-refractivity contribution in [1.29, 1.82) is 0 Å². The molecule has 0 fully saturated rings. The number of rotatable bonds is 3. The van der Waals surface area contributed by atoms with E-state index >= 15 is 0 Å². The van der Waals surface area contributed by atoms with Crippen molar-refractivity contribution < 1.29 is 13.6 Å². The van der Waals surface area contributed by atoms with Crippen LogP contribution in [0.3, 0.4) is 0 Å². The second-order valence-electron chi connectivity index (χ2n) is 4.91. The maximum absolute atomic E-state index is 13.7. The van der Waals surface area contributed by atoms with E-state index in [2.05, 4.69) is 10.3 Å². The molecule has 0 atom stereocenters. The second-order valence-corrected chi connectivity index (χ2v) is 5.35. The maximum Gasteiger partial charge on any atom is 0.274 e. The van der Waals surface area contributed by atoms with Crippen LogP contribution in [0, 0.1) is 11.6 Å². The number of amides is 1. The molecule has 0 aliphatic carbocycles. The molecule has 3 aromatic rings. The molecular weight excluding hydrogens is 324 g/mol. The normalized spacial score (nSPS) is 11.0. The molecule has 0 aliphatic rings. The molecule has 2 heterocycles. The van der Waals surface area contributed by atoms with Crippen LogP contribution in [0.25, 0.3) is 5.65 Å². The van der Waals surface area contributed by atoms with Gasteiger partial charge in [-0.2, -0.15) is 0 Å². The molecule has 0 saturated carbocycles. The van der Waals surface area contributed by atoms with E-state index in [1.54, 1.807) is 22.7 Å². The van der Waals surface area contributed by atoms with E-state index in [-0.39, 0.29) is 11.4 Å². The first-order valence-corrected chi connectivity index (χ1v) is 7.30. The van der Waals surface area contributed by atoms with Crippen LogP contribution in [0.1, 0.15) is 23.1 Å². The lowest BCUT2D eigenvalue weighted by molar-refractivity contribution is 0.102. The van der Waals surface area contributed by atoms with Crippen LogP contribution in [0.4, 0.5) is 14.5 Å². The van der Waals surface area contributed by atoms with Crippen LogP contribution < -0.4 is 5.32 Å². The highest BCUT2D eigenvalue weighted by Gasteiger charge is 2.19. The van der Waals surface area contributed by atoms with E-state index in [0.717, 1.165) is 18.2 Å². The van der Waals surface area contributed by atoms with Crippen LogP contribution in [0.5, 0.6) is 0 Å². The Kier molecular flexibility index (Phi) is 4.00. The lowest BCUT2D eigenvalue weighted by Crippen LogP contribution is -2.17. The van der Waals surface area contributed by atoms with Gasteiger partial charge in [0.05, 0.1) is 11.4 Å². The van der Waals surface area contributed by atoms with Crippen molar-refractivity contribution in [3.63, 3.8) is 0 Å². The number of halogens is 3. The quantitative estimate of drug-likeness (QED) is 0.784. The summed E-state index contributed by atoms with van der Waals surface area (Å²) in [5.41, 5.74) is 1.10. The van der Waals surface area contributed by atoms with Gasteiger partial charge in [-0.15, -0.1) is 0 Å². The third kappa shape index (κ3) is 2.90. The van der Waals surface area contributed by atoms with Crippen LogP contribution in [0.15, 0.2) is 36.5 Å². The summed E-state index contributed by atoms with van der Waals surface area (Å²) in [6.45, 7) is 1.85. The summed E-state index contributed by atoms with van der Waals surface area (Å²) in [5.74, 6) is -1.92. The molecular formula is C16H12ClF2N3O. The number of benzene rings is 1. The average Bonchev–Trinajstić information content (AvgIpc) is 2.88. The Morgan fingerprint density at radius 1 is 1.30 bits per heavy atom. The van der Waals surface area contributed by atoms with Gasteiger partial charge in [0, 0.05) is 23.4 Å². The molecule has 1 amide bonds. The van der Waals surface area contributed by atoms with Crippen molar-refractivity contribution in [1.82, 2.24) is 9.38 Å². The monoisotopic (exact) mass is 335 g/mol. The largest absolute Gasteiger partial charge is 0.318 e. The molecule has 2 aromatic heterocycles. The van der Waals surface area contributed by atoms with E-state index in [9.17, 15) is 13.6 Å². The third-order valence-corrected chi connectivity index (χ3v) is 3.62. The smallest absolute Gasteiger partial charge is 0.274 e. The molecule has 0 unspecified atom stereocenters. The van der Waals surface area contributed by atoms with Crippen LogP contribution in [0.2, 0.25) is 5.02 Å². The summed E-state index contributed by atoms with van der Waals surface area (Å²) >= 11 is 5.93. The first kappa shape index (κ1) is 15.4. The van der Waals surface area contributed by atoms with Gasteiger partial charge in [-0.1, -0.05) is 18.5 Å². The van der Waals surface area contributed by atoms with Crippen LogP contribution in [-0.2, 0) is 6.42 Å². The van der Waals surface area contributed by atoms with Gasteiger partial charge in [0.2, 0.25) is 0 Å². The Bertz CT molecular complexity index is 908. The highest BCUT2D eigenvalue weighted by Crippen LogP contribution is 2.20. The Morgan fingerprint density at radius 2 is 2.09 bits per heavy atom. The number of pyridine rings is 1. The number of hydrogen-bond donors (Lipinski definition) is 1. The minimum atomic E-state index is -0.713. The number of nitrogens with zero attached hydrogens (tertiary/aromatic N) is 2. The molecule has 4 nitrogen and oxygen atoms in total. The van der Waals surface area contributed by atoms with Gasteiger partial charge < -0.3 is 5.32 Å². The van der Waals surface area contributed by atoms with Crippen molar-refractivity contribution in [2.24, 2.45) is 0 Å². The first-order valence-electron chi connectivity index (χ1n) is 6.92. The van der Waals surface area contributed by atoms with Crippen molar-refractivity contribution in [3.8, 4) is 0 Å². The number of nitrogens with one attached hydrogen (secondary N) is 1. The van der Waals surface area contributed by atoms with Crippen LogP contribution >= 0.6 is 11.6 Å². The predicted octanol–water partition coefficient (Wildman–Crippen LogP) is 4.08. The van der Waals surface area contributed by atoms with E-state index < -0.39 is 17.5 Å². The molecule has 0 radical (unpaired) electrons. The van der Waals surface area contributed by atoms with Crippen molar-refractivity contribution in [2.75, 3.05) is 5.32 Å². The highest BCUT2D eigenvalue weighted by molar-refractivity contribution is 6.30. The zero-order valence-electron chi connectivity index (χ0n) is 12.1. The van der Waals surface area contributed by atoms with Gasteiger partial charge >= 0.3 is 0 Å². The molecule has 3 rings (SSSR count). The molecule has 0 saturated heterocycles. The molecule has 23 heavy (non-hydrogen) atoms. The zero-order chi connectivity index (χ0) is 16.6. The summed E-state index contributed by atoms with van der Waals surface area (Å²) in [4.78, 5) is 16.9. The topological polar surface area (TPSA) is 46.4 Å². The molecule has 0 bridgehead atoms. The van der Waals surface area contributed by atoms with Gasteiger partial charge in [-0.3, -0.25) is 9.20 Å². The summed E-state index contributed by atoms with van der Waals surface area (Å²) < 4.78 is 28.5. The van der Waals surface area contributed by atoms with Gasteiger partial charge in [-0.05, 0) is 24.6 Å². The average molecular weight is 336 g/mol. The van der Waals surface area contributed by atoms with Gasteiger partial charge in [0.25, 0.3) is 5.91 Å². The summed E-state index contributed by atoms with van der Waals surface area (Å²) in [6, 6.07) is 6.12. The van der Waals surface area contributed by atoms with Crippen molar-refractivity contribution in [3.05, 3.63) is 64.6 Å². The van der Waals surface area contributed by atoms with Gasteiger partial charge in [-0.25, -0.2) is 13.8 Å². The van der Waals surface area contributed by atoms with Crippen molar-refractivity contribution in [2.45, 2.75) is 13.3 Å². The fourth-order valence-electron chi connectivity index (χ4n) is 2.33. The van der Waals surface area contributed by atoms with E-state index in [4.69, 9.17) is 11.6 Å². The molecule has 118 valence electrons. The number of aryl methyl sites for hydroxylation is 1. The third-order valence-electron chi connectivity index (χ3n) is 3.39. The predicted molar refractivity (Wildman–Crippen MR) is 83.9 cm³/mol. The second kappa shape index (κ2) is 5.96. The molecule has 0 spiro atoms. The Morgan fingerprint density at radius 3 is 2.83 bits per heavy atom. The van der Waals surface area contributed by atoms with Crippen LogP contribution in [-0.4, -0.2) is 15.3 Å². The minimum Gasteiger partial charge on any atom is -0.318 e. The standard InChI is InChI=1S/C16H12ClF2N3O/c1-2-12-15(22-6-5-9(17)7-14(22)20-12)16(23)21-13-8-10(18)3-4-11(13)19/h3-8H,2H2,1H3,(H,21,23). The highest BCUT2D eigenvalue weighted by atomic mass is 35.5. The SMILES string of the molecule is CCc1nc2cc(Cl)ccn2c1C(=O)Nc1cc(F)ccc1F. The Hall–Kier alpha value is -2.47. The first-order chi connectivity index (χ1) is 11.0. The number of carbonyl (C=O) groups excluding carboxylic acids is 1. The van der Waals surface area contributed by atoms with E-state index in [0.29, 0.717) is 22.8 Å². The van der Waals surface area contributed by atoms with E-state index in [1.165, 1.54) is 0 Å². The minimum absolute atomic E-state index is 0.221. The lowest BCUT2D eigenvalue weighted by Gasteiger charge is -2.08. The molecule has 0 aliphatic heterocycles. The Labute approximate surface area is 135 Å². The molecule has 7 heteroatoms. The zero-order valence-corrected chi connectivity index (χ0v) is 12.9. The van der Waals surface area contributed by atoms with E-state index in [1.807, 2.05) is 6.92 Å². The summed E-state index contributed by atoms with van der Waals surface area (Å²) in [5, 5.41) is 2.88. The van der Waals surface area contributed by atoms with Crippen molar-refractivity contribution >= 4 is 28.8 Å². The maximum atomic E-state index is 13.7.